The Kier molecular flexibility index (Phi) is 4.11. The highest BCUT2D eigenvalue weighted by Gasteiger charge is 2.26. The molecule has 1 aromatic carbocycles. The number of nitro benzene ring substituents is 1. The topological polar surface area (TPSA) is 75.5 Å². The Morgan fingerprint density at radius 3 is 2.63 bits per heavy atom. The third kappa shape index (κ3) is 2.90. The van der Waals surface area contributed by atoms with E-state index < -0.39 is 4.92 Å². The number of hydrogen-bond donors (Lipinski definition) is 1. The van der Waals surface area contributed by atoms with Crippen molar-refractivity contribution in [1.29, 1.82) is 0 Å². The highest BCUT2D eigenvalue weighted by atomic mass is 16.6. The Balaban J connectivity index is 2.14. The van der Waals surface area contributed by atoms with E-state index in [9.17, 15) is 14.9 Å². The number of nitrogens with zero attached hydrogens (tertiary/aromatic N) is 2. The maximum absolute atomic E-state index is 12.4. The fraction of sp³-hybridized carbons (Fsp3) is 0.462. The van der Waals surface area contributed by atoms with Crippen LogP contribution in [0.4, 0.5) is 5.69 Å². The van der Waals surface area contributed by atoms with Gasteiger partial charge in [0.25, 0.3) is 11.6 Å². The maximum Gasteiger partial charge on any atom is 0.269 e. The number of nitrogens with one attached hydrogen (secondary N) is 1. The van der Waals surface area contributed by atoms with E-state index in [1.54, 1.807) is 0 Å². The summed E-state index contributed by atoms with van der Waals surface area (Å²) in [5, 5.41) is 13.8. The van der Waals surface area contributed by atoms with Crippen LogP contribution >= 0.6 is 0 Å². The number of amides is 1. The zero-order valence-corrected chi connectivity index (χ0v) is 10.8. The summed E-state index contributed by atoms with van der Waals surface area (Å²) in [7, 11) is 0. The van der Waals surface area contributed by atoms with Crippen molar-refractivity contribution in [3.63, 3.8) is 0 Å². The molecule has 6 nitrogen and oxygen atoms in total. The quantitative estimate of drug-likeness (QED) is 0.658. The van der Waals surface area contributed by atoms with Crippen LogP contribution in [0.25, 0.3) is 0 Å². The lowest BCUT2D eigenvalue weighted by Crippen LogP contribution is -2.41. The molecule has 0 aliphatic carbocycles. The number of nitro groups is 1. The van der Waals surface area contributed by atoms with Gasteiger partial charge in [-0.15, -0.1) is 0 Å². The van der Waals surface area contributed by atoms with Crippen LogP contribution in [0, 0.1) is 10.1 Å². The molecule has 0 bridgehead atoms. The molecule has 1 heterocycles. The number of carbonyl (C=O) groups excluding carboxylic acids is 1. The molecule has 6 heteroatoms. The standard InChI is InChI=1S/C13H17N3O3/c1-2-15(12-7-8-14-9-12)13(17)10-3-5-11(6-4-10)16(18)19/h3-6,12,14H,2,7-9H2,1H3. The minimum absolute atomic E-state index is 0.00197. The summed E-state index contributed by atoms with van der Waals surface area (Å²) < 4.78 is 0. The van der Waals surface area contributed by atoms with Crippen molar-refractivity contribution in [3.8, 4) is 0 Å². The average molecular weight is 263 g/mol. The van der Waals surface area contributed by atoms with Gasteiger partial charge in [-0.25, -0.2) is 0 Å². The summed E-state index contributed by atoms with van der Waals surface area (Å²) in [6.45, 7) is 4.32. The highest BCUT2D eigenvalue weighted by molar-refractivity contribution is 5.94. The lowest BCUT2D eigenvalue weighted by molar-refractivity contribution is -0.384. The fourth-order valence-corrected chi connectivity index (χ4v) is 2.36. The van der Waals surface area contributed by atoms with E-state index in [1.807, 2.05) is 11.8 Å². The molecule has 1 saturated heterocycles. The lowest BCUT2D eigenvalue weighted by atomic mass is 10.1. The van der Waals surface area contributed by atoms with Gasteiger partial charge < -0.3 is 10.2 Å². The average Bonchev–Trinajstić information content (AvgIpc) is 2.93. The zero-order valence-electron chi connectivity index (χ0n) is 10.8. The van der Waals surface area contributed by atoms with Crippen LogP contribution in [0.5, 0.6) is 0 Å². The molecule has 2 rings (SSSR count). The number of carbonyl (C=O) groups is 1. The van der Waals surface area contributed by atoms with Gasteiger partial charge in [-0.1, -0.05) is 0 Å². The summed E-state index contributed by atoms with van der Waals surface area (Å²) in [6.07, 6.45) is 0.951. The monoisotopic (exact) mass is 263 g/mol. The molecule has 1 N–H and O–H groups in total. The van der Waals surface area contributed by atoms with Gasteiger partial charge in [-0.05, 0) is 32.0 Å². The van der Waals surface area contributed by atoms with Crippen molar-refractivity contribution in [2.75, 3.05) is 19.6 Å². The van der Waals surface area contributed by atoms with E-state index in [2.05, 4.69) is 5.32 Å². The number of rotatable bonds is 4. The van der Waals surface area contributed by atoms with Crippen molar-refractivity contribution in [2.24, 2.45) is 0 Å². The summed E-state index contributed by atoms with van der Waals surface area (Å²) in [6, 6.07) is 5.99. The molecule has 0 saturated carbocycles. The Hall–Kier alpha value is -1.95. The molecule has 1 amide bonds. The van der Waals surface area contributed by atoms with Crippen LogP contribution in [-0.4, -0.2) is 41.4 Å². The number of non-ortho nitro benzene ring substituents is 1. The highest BCUT2D eigenvalue weighted by Crippen LogP contribution is 2.16. The molecule has 1 aliphatic heterocycles. The van der Waals surface area contributed by atoms with Crippen LogP contribution in [0.2, 0.25) is 0 Å². The van der Waals surface area contributed by atoms with Gasteiger partial charge in [0, 0.05) is 36.8 Å². The first kappa shape index (κ1) is 13.5. The SMILES string of the molecule is CCN(C(=O)c1ccc([N+](=O)[O-])cc1)C1CCNC1. The predicted octanol–water partition coefficient (Wildman–Crippen LogP) is 1.42. The summed E-state index contributed by atoms with van der Waals surface area (Å²) in [5.74, 6) is -0.0638. The van der Waals surface area contributed by atoms with Crippen LogP contribution in [0.3, 0.4) is 0 Å². The van der Waals surface area contributed by atoms with Crippen LogP contribution < -0.4 is 5.32 Å². The first-order valence-corrected chi connectivity index (χ1v) is 6.39. The third-order valence-electron chi connectivity index (χ3n) is 3.40. The Bertz CT molecular complexity index is 467. The van der Waals surface area contributed by atoms with E-state index >= 15 is 0 Å². The molecule has 0 spiro atoms. The Labute approximate surface area is 111 Å². The summed E-state index contributed by atoms with van der Waals surface area (Å²) in [4.78, 5) is 24.3. The van der Waals surface area contributed by atoms with E-state index in [0.717, 1.165) is 19.5 Å². The van der Waals surface area contributed by atoms with Gasteiger partial charge in [-0.3, -0.25) is 14.9 Å². The van der Waals surface area contributed by atoms with Crippen LogP contribution in [0.1, 0.15) is 23.7 Å². The molecular formula is C13H17N3O3. The Morgan fingerprint density at radius 1 is 1.47 bits per heavy atom. The van der Waals surface area contributed by atoms with E-state index in [1.165, 1.54) is 24.3 Å². The van der Waals surface area contributed by atoms with Gasteiger partial charge in [-0.2, -0.15) is 0 Å². The second kappa shape index (κ2) is 5.79. The molecule has 102 valence electrons. The van der Waals surface area contributed by atoms with Gasteiger partial charge >= 0.3 is 0 Å². The first-order chi connectivity index (χ1) is 9.13. The molecule has 1 aromatic rings. The van der Waals surface area contributed by atoms with Crippen LogP contribution in [0.15, 0.2) is 24.3 Å². The number of benzene rings is 1. The van der Waals surface area contributed by atoms with Crippen molar-refractivity contribution in [1.82, 2.24) is 10.2 Å². The molecule has 0 aromatic heterocycles. The van der Waals surface area contributed by atoms with Gasteiger partial charge in [0.1, 0.15) is 0 Å². The smallest absolute Gasteiger partial charge is 0.269 e. The minimum Gasteiger partial charge on any atom is -0.335 e. The summed E-state index contributed by atoms with van der Waals surface area (Å²) in [5.41, 5.74) is 0.501. The van der Waals surface area contributed by atoms with E-state index in [-0.39, 0.29) is 17.6 Å². The minimum atomic E-state index is -0.466. The molecular weight excluding hydrogens is 246 g/mol. The van der Waals surface area contributed by atoms with Crippen molar-refractivity contribution >= 4 is 11.6 Å². The van der Waals surface area contributed by atoms with Crippen molar-refractivity contribution < 1.29 is 9.72 Å². The molecule has 0 radical (unpaired) electrons. The molecule has 1 unspecified atom stereocenters. The van der Waals surface area contributed by atoms with Crippen molar-refractivity contribution in [2.45, 2.75) is 19.4 Å². The molecule has 1 atom stereocenters. The molecule has 1 fully saturated rings. The second-order valence-electron chi connectivity index (χ2n) is 4.54. The van der Waals surface area contributed by atoms with E-state index in [0.29, 0.717) is 12.1 Å². The van der Waals surface area contributed by atoms with Crippen molar-refractivity contribution in [3.05, 3.63) is 39.9 Å². The van der Waals surface area contributed by atoms with Gasteiger partial charge in [0.15, 0.2) is 0 Å². The van der Waals surface area contributed by atoms with Gasteiger partial charge in [0.05, 0.1) is 4.92 Å². The normalized spacial score (nSPS) is 18.3. The first-order valence-electron chi connectivity index (χ1n) is 6.39. The predicted molar refractivity (Wildman–Crippen MR) is 71.1 cm³/mol. The number of likely N-dealkylation sites (N-methyl/N-ethyl adjacent to an activating group) is 1. The largest absolute Gasteiger partial charge is 0.335 e. The van der Waals surface area contributed by atoms with Crippen LogP contribution in [-0.2, 0) is 0 Å². The van der Waals surface area contributed by atoms with Gasteiger partial charge in [0.2, 0.25) is 0 Å². The maximum atomic E-state index is 12.4. The summed E-state index contributed by atoms with van der Waals surface area (Å²) >= 11 is 0. The number of hydrogen-bond acceptors (Lipinski definition) is 4. The zero-order chi connectivity index (χ0) is 13.8. The van der Waals surface area contributed by atoms with E-state index in [4.69, 9.17) is 0 Å². The lowest BCUT2D eigenvalue weighted by Gasteiger charge is -2.27. The molecule has 19 heavy (non-hydrogen) atoms. The second-order valence-corrected chi connectivity index (χ2v) is 4.54. The Morgan fingerprint density at radius 2 is 2.16 bits per heavy atom. The third-order valence-corrected chi connectivity index (χ3v) is 3.40. The molecule has 1 aliphatic rings. The fourth-order valence-electron chi connectivity index (χ4n) is 2.36.